The maximum absolute atomic E-state index is 12.2. The Bertz CT molecular complexity index is 562. The van der Waals surface area contributed by atoms with Crippen molar-refractivity contribution >= 4 is 24.1 Å². The van der Waals surface area contributed by atoms with E-state index in [4.69, 9.17) is 5.73 Å². The Kier molecular flexibility index (Phi) is 5.90. The zero-order valence-corrected chi connectivity index (χ0v) is 13.6. The first-order valence-corrected chi connectivity index (χ1v) is 7.01. The summed E-state index contributed by atoms with van der Waals surface area (Å²) in [5.41, 5.74) is 5.75. The fourth-order valence-electron chi connectivity index (χ4n) is 2.58. The van der Waals surface area contributed by atoms with Crippen LogP contribution in [0, 0.1) is 22.5 Å². The number of aryl methyl sites for hydroxylation is 2. The van der Waals surface area contributed by atoms with Crippen LogP contribution in [0.5, 0.6) is 0 Å². The molecule has 1 fully saturated rings. The molecule has 0 aliphatic carbocycles. The van der Waals surface area contributed by atoms with Gasteiger partial charge in [-0.05, 0) is 28.3 Å². The number of aromatic nitrogens is 2. The van der Waals surface area contributed by atoms with Crippen LogP contribution in [0.1, 0.15) is 25.6 Å². The highest BCUT2D eigenvalue weighted by atomic mass is 35.5. The third kappa shape index (κ3) is 3.95. The van der Waals surface area contributed by atoms with Crippen LogP contribution in [0.15, 0.2) is 6.20 Å². The van der Waals surface area contributed by atoms with E-state index in [2.05, 4.69) is 11.9 Å². The SMILES string of the molecule is Cc1nc([N+](=O)[O-])cn1CCC(=O)N1CCC(C)(CN)C1.Cl. The van der Waals surface area contributed by atoms with Crippen molar-refractivity contribution in [1.82, 2.24) is 14.5 Å². The Morgan fingerprint density at radius 2 is 2.27 bits per heavy atom. The van der Waals surface area contributed by atoms with Gasteiger partial charge in [0.25, 0.3) is 0 Å². The molecule has 1 aliphatic rings. The summed E-state index contributed by atoms with van der Waals surface area (Å²) < 4.78 is 1.65. The van der Waals surface area contributed by atoms with Crippen molar-refractivity contribution in [3.63, 3.8) is 0 Å². The molecule has 9 heteroatoms. The van der Waals surface area contributed by atoms with Gasteiger partial charge in [0.2, 0.25) is 11.7 Å². The highest BCUT2D eigenvalue weighted by Gasteiger charge is 2.34. The highest BCUT2D eigenvalue weighted by molar-refractivity contribution is 5.85. The summed E-state index contributed by atoms with van der Waals surface area (Å²) in [7, 11) is 0. The number of halogens is 1. The molecule has 0 aromatic carbocycles. The molecular weight excluding hydrogens is 310 g/mol. The van der Waals surface area contributed by atoms with E-state index < -0.39 is 4.92 Å². The molecule has 124 valence electrons. The van der Waals surface area contributed by atoms with Gasteiger partial charge < -0.3 is 25.3 Å². The molecular formula is C13H22ClN5O3. The number of amides is 1. The minimum atomic E-state index is -0.529. The molecule has 1 aromatic rings. The first-order valence-electron chi connectivity index (χ1n) is 7.01. The van der Waals surface area contributed by atoms with E-state index in [1.807, 2.05) is 4.90 Å². The van der Waals surface area contributed by atoms with Gasteiger partial charge in [-0.3, -0.25) is 4.79 Å². The second-order valence-electron chi connectivity index (χ2n) is 5.93. The van der Waals surface area contributed by atoms with E-state index in [-0.39, 0.29) is 29.5 Å². The quantitative estimate of drug-likeness (QED) is 0.642. The van der Waals surface area contributed by atoms with Crippen molar-refractivity contribution in [2.75, 3.05) is 19.6 Å². The molecule has 0 saturated carbocycles. The molecule has 1 amide bonds. The van der Waals surface area contributed by atoms with Crippen LogP contribution < -0.4 is 5.73 Å². The van der Waals surface area contributed by atoms with Crippen LogP contribution in [-0.2, 0) is 11.3 Å². The number of hydrogen-bond donors (Lipinski definition) is 1. The lowest BCUT2D eigenvalue weighted by molar-refractivity contribution is -0.389. The summed E-state index contributed by atoms with van der Waals surface area (Å²) in [4.78, 5) is 28.0. The first kappa shape index (κ1) is 18.4. The lowest BCUT2D eigenvalue weighted by atomic mass is 9.90. The van der Waals surface area contributed by atoms with Gasteiger partial charge >= 0.3 is 5.82 Å². The van der Waals surface area contributed by atoms with Crippen molar-refractivity contribution in [2.45, 2.75) is 33.2 Å². The van der Waals surface area contributed by atoms with E-state index >= 15 is 0 Å². The molecule has 1 unspecified atom stereocenters. The average molecular weight is 332 g/mol. The number of nitrogens with zero attached hydrogens (tertiary/aromatic N) is 4. The lowest BCUT2D eigenvalue weighted by Crippen LogP contribution is -2.34. The molecule has 1 aromatic heterocycles. The van der Waals surface area contributed by atoms with Gasteiger partial charge in [0.05, 0.1) is 0 Å². The second kappa shape index (κ2) is 7.06. The van der Waals surface area contributed by atoms with E-state index in [1.165, 1.54) is 6.20 Å². The third-order valence-electron chi connectivity index (χ3n) is 4.12. The second-order valence-corrected chi connectivity index (χ2v) is 5.93. The number of nitrogens with two attached hydrogens (primary N) is 1. The summed E-state index contributed by atoms with van der Waals surface area (Å²) >= 11 is 0. The van der Waals surface area contributed by atoms with E-state index in [0.29, 0.717) is 31.9 Å². The Morgan fingerprint density at radius 1 is 1.59 bits per heavy atom. The van der Waals surface area contributed by atoms with Crippen molar-refractivity contribution in [3.05, 3.63) is 22.1 Å². The highest BCUT2D eigenvalue weighted by Crippen LogP contribution is 2.28. The van der Waals surface area contributed by atoms with Crippen LogP contribution in [0.4, 0.5) is 5.82 Å². The fourth-order valence-corrected chi connectivity index (χ4v) is 2.58. The average Bonchev–Trinajstić information content (AvgIpc) is 3.01. The van der Waals surface area contributed by atoms with Crippen molar-refractivity contribution < 1.29 is 9.72 Å². The van der Waals surface area contributed by atoms with Crippen molar-refractivity contribution in [2.24, 2.45) is 11.1 Å². The predicted octanol–water partition coefficient (Wildman–Crippen LogP) is 1.11. The summed E-state index contributed by atoms with van der Waals surface area (Å²) in [5, 5.41) is 10.7. The minimum absolute atomic E-state index is 0. The fraction of sp³-hybridized carbons (Fsp3) is 0.692. The van der Waals surface area contributed by atoms with Crippen molar-refractivity contribution in [1.29, 1.82) is 0 Å². The summed E-state index contributed by atoms with van der Waals surface area (Å²) in [6, 6.07) is 0. The molecule has 0 spiro atoms. The number of likely N-dealkylation sites (tertiary alicyclic amines) is 1. The third-order valence-corrected chi connectivity index (χ3v) is 4.12. The maximum atomic E-state index is 12.2. The zero-order chi connectivity index (χ0) is 15.6. The van der Waals surface area contributed by atoms with Crippen LogP contribution in [0.2, 0.25) is 0 Å². The van der Waals surface area contributed by atoms with Crippen LogP contribution >= 0.6 is 12.4 Å². The van der Waals surface area contributed by atoms with Gasteiger partial charge in [-0.15, -0.1) is 12.4 Å². The Hall–Kier alpha value is -1.67. The number of imidazole rings is 1. The Balaban J connectivity index is 0.00000242. The van der Waals surface area contributed by atoms with E-state index in [0.717, 1.165) is 13.0 Å². The molecule has 0 radical (unpaired) electrons. The molecule has 22 heavy (non-hydrogen) atoms. The minimum Gasteiger partial charge on any atom is -0.358 e. The van der Waals surface area contributed by atoms with Gasteiger partial charge in [-0.1, -0.05) is 6.92 Å². The molecule has 1 saturated heterocycles. The van der Waals surface area contributed by atoms with Crippen LogP contribution in [-0.4, -0.2) is 44.9 Å². The maximum Gasteiger partial charge on any atom is 0.381 e. The summed E-state index contributed by atoms with van der Waals surface area (Å²) in [5.74, 6) is 0.419. The monoisotopic (exact) mass is 331 g/mol. The van der Waals surface area contributed by atoms with Crippen LogP contribution in [0.25, 0.3) is 0 Å². The summed E-state index contributed by atoms with van der Waals surface area (Å²) in [6.07, 6.45) is 2.61. The molecule has 2 rings (SSSR count). The zero-order valence-electron chi connectivity index (χ0n) is 12.8. The van der Waals surface area contributed by atoms with E-state index in [1.54, 1.807) is 11.5 Å². The lowest BCUT2D eigenvalue weighted by Gasteiger charge is -2.22. The molecule has 1 aliphatic heterocycles. The standard InChI is InChI=1S/C13H21N5O3.ClH/c1-10-15-11(18(20)21)7-16(10)5-3-12(19)17-6-4-13(2,8-14)9-17;/h7H,3-6,8-9,14H2,1-2H3;1H. The molecule has 2 N–H and O–H groups in total. The summed E-state index contributed by atoms with van der Waals surface area (Å²) in [6.45, 7) is 6.18. The molecule has 1 atom stereocenters. The number of nitro groups is 1. The van der Waals surface area contributed by atoms with Gasteiger partial charge in [0, 0.05) is 33.0 Å². The van der Waals surface area contributed by atoms with Gasteiger partial charge in [-0.25, -0.2) is 0 Å². The van der Waals surface area contributed by atoms with Crippen molar-refractivity contribution in [3.8, 4) is 0 Å². The Morgan fingerprint density at radius 3 is 2.77 bits per heavy atom. The first-order chi connectivity index (χ1) is 9.84. The topological polar surface area (TPSA) is 107 Å². The molecule has 8 nitrogen and oxygen atoms in total. The smallest absolute Gasteiger partial charge is 0.358 e. The Labute approximate surface area is 135 Å². The number of rotatable bonds is 5. The number of hydrogen-bond acceptors (Lipinski definition) is 5. The normalized spacial score (nSPS) is 20.8. The largest absolute Gasteiger partial charge is 0.381 e. The van der Waals surface area contributed by atoms with Gasteiger partial charge in [0.1, 0.15) is 6.20 Å². The van der Waals surface area contributed by atoms with Crippen LogP contribution in [0.3, 0.4) is 0 Å². The number of carbonyl (C=O) groups is 1. The molecule has 0 bridgehead atoms. The molecule has 2 heterocycles. The van der Waals surface area contributed by atoms with Gasteiger partial charge in [-0.2, -0.15) is 0 Å². The predicted molar refractivity (Wildman–Crippen MR) is 83.8 cm³/mol. The van der Waals surface area contributed by atoms with E-state index in [9.17, 15) is 14.9 Å². The van der Waals surface area contributed by atoms with Gasteiger partial charge in [0.15, 0.2) is 0 Å². The number of carbonyl (C=O) groups excluding carboxylic acids is 1.